The highest BCUT2D eigenvalue weighted by atomic mass is 16.1. The highest BCUT2D eigenvalue weighted by Gasteiger charge is 2.16. The second-order valence-electron chi connectivity index (χ2n) is 10.8. The topological polar surface area (TPSA) is 78.5 Å². The number of aromatic nitrogens is 6. The molecule has 0 N–H and O–H groups in total. The van der Waals surface area contributed by atoms with Gasteiger partial charge >= 0.3 is 5.69 Å². The van der Waals surface area contributed by atoms with Crippen molar-refractivity contribution in [1.29, 1.82) is 0 Å². The summed E-state index contributed by atoms with van der Waals surface area (Å²) in [6.07, 6.45) is 1.75. The van der Waals surface area contributed by atoms with Gasteiger partial charge in [-0.3, -0.25) is 14.1 Å². The van der Waals surface area contributed by atoms with Gasteiger partial charge in [-0.2, -0.15) is 0 Å². The molecule has 3 aromatic heterocycles. The van der Waals surface area contributed by atoms with Crippen molar-refractivity contribution in [2.75, 3.05) is 0 Å². The Kier molecular flexibility index (Phi) is 6.35. The molecule has 3 heterocycles. The molecule has 0 saturated carbocycles. The lowest BCUT2D eigenvalue weighted by atomic mass is 10.0. The van der Waals surface area contributed by atoms with Gasteiger partial charge in [-0.05, 0) is 35.4 Å². The number of fused-ring (bicyclic) bond motifs is 2. The van der Waals surface area contributed by atoms with Crippen LogP contribution >= 0.6 is 0 Å². The molecule has 7 nitrogen and oxygen atoms in total. The Hall–Kier alpha value is -6.21. The normalized spacial score (nSPS) is 11.3. The Labute approximate surface area is 258 Å². The molecule has 8 aromatic rings. The van der Waals surface area contributed by atoms with E-state index in [1.165, 1.54) is 0 Å². The Balaban J connectivity index is 1.22. The van der Waals surface area contributed by atoms with Crippen LogP contribution in [0.5, 0.6) is 0 Å². The smallest absolute Gasteiger partial charge is 0.295 e. The quantitative estimate of drug-likeness (QED) is 0.208. The summed E-state index contributed by atoms with van der Waals surface area (Å²) in [7, 11) is 1.81. The SMILES string of the molecule is Cn1c(=O)n(-c2ccnc3ccccc23)c2cc(-c3ccc(-c4nc(-c5ccccc5)nc(-c5ccccc5)n4)cc3)ccc21. The molecule has 7 heteroatoms. The summed E-state index contributed by atoms with van der Waals surface area (Å²) in [5, 5.41) is 0.923. The minimum Gasteiger partial charge on any atom is -0.295 e. The van der Waals surface area contributed by atoms with Crippen molar-refractivity contribution in [2.24, 2.45) is 7.05 Å². The molecule has 5 aromatic carbocycles. The van der Waals surface area contributed by atoms with Gasteiger partial charge in [0.05, 0.1) is 22.2 Å². The van der Waals surface area contributed by atoms with Gasteiger partial charge in [0.25, 0.3) is 0 Å². The van der Waals surface area contributed by atoms with Crippen LogP contribution < -0.4 is 5.69 Å². The van der Waals surface area contributed by atoms with E-state index in [2.05, 4.69) is 29.2 Å². The first kappa shape index (κ1) is 26.4. The lowest BCUT2D eigenvalue weighted by molar-refractivity contribution is 0.848. The third-order valence-electron chi connectivity index (χ3n) is 8.10. The number of aryl methyl sites for hydroxylation is 1. The van der Waals surface area contributed by atoms with Gasteiger partial charge in [-0.25, -0.2) is 19.7 Å². The number of hydrogen-bond donors (Lipinski definition) is 0. The zero-order chi connectivity index (χ0) is 30.3. The lowest BCUT2D eigenvalue weighted by Gasteiger charge is -2.10. The molecular formula is C38H26N6O. The highest BCUT2D eigenvalue weighted by Crippen LogP contribution is 2.30. The summed E-state index contributed by atoms with van der Waals surface area (Å²) in [5.74, 6) is 1.85. The third-order valence-corrected chi connectivity index (χ3v) is 8.10. The minimum atomic E-state index is -0.105. The van der Waals surface area contributed by atoms with Crippen LogP contribution in [0.1, 0.15) is 0 Å². The van der Waals surface area contributed by atoms with E-state index in [0.717, 1.165) is 55.4 Å². The molecule has 0 amide bonds. The zero-order valence-corrected chi connectivity index (χ0v) is 24.4. The van der Waals surface area contributed by atoms with Crippen molar-refractivity contribution < 1.29 is 0 Å². The van der Waals surface area contributed by atoms with E-state index in [-0.39, 0.29) is 5.69 Å². The predicted molar refractivity (Wildman–Crippen MR) is 179 cm³/mol. The summed E-state index contributed by atoms with van der Waals surface area (Å²) in [6.45, 7) is 0. The number of benzene rings is 5. The molecule has 0 atom stereocenters. The first-order valence-corrected chi connectivity index (χ1v) is 14.7. The molecule has 8 rings (SSSR count). The van der Waals surface area contributed by atoms with Crippen LogP contribution in [0.3, 0.4) is 0 Å². The Bertz CT molecular complexity index is 2330. The summed E-state index contributed by atoms with van der Waals surface area (Å²) in [5.41, 5.74) is 7.99. The maximum atomic E-state index is 13.5. The number of hydrogen-bond acceptors (Lipinski definition) is 5. The third kappa shape index (κ3) is 4.67. The van der Waals surface area contributed by atoms with E-state index in [1.54, 1.807) is 22.4 Å². The van der Waals surface area contributed by atoms with Crippen LogP contribution in [0.25, 0.3) is 72.9 Å². The van der Waals surface area contributed by atoms with Gasteiger partial charge in [0.2, 0.25) is 0 Å². The summed E-state index contributed by atoms with van der Waals surface area (Å²) < 4.78 is 3.46. The van der Waals surface area contributed by atoms with E-state index in [0.29, 0.717) is 17.5 Å². The van der Waals surface area contributed by atoms with Crippen molar-refractivity contribution in [2.45, 2.75) is 0 Å². The molecule has 0 aliphatic rings. The molecule has 0 bridgehead atoms. The van der Waals surface area contributed by atoms with Crippen LogP contribution in [0, 0.1) is 0 Å². The monoisotopic (exact) mass is 582 g/mol. The summed E-state index contributed by atoms with van der Waals surface area (Å²) in [6, 6.07) is 44.0. The standard InChI is InChI=1S/C38H26N6O/c1-43-33-21-20-29(24-34(33)44(38(43)45)32-22-23-39-31-15-9-8-14-30(31)32)25-16-18-28(19-17-25)37-41-35(26-10-4-2-5-11-26)40-36(42-37)27-12-6-3-7-13-27/h2-24H,1H3. The number of nitrogens with zero attached hydrogens (tertiary/aromatic N) is 6. The Morgan fingerprint density at radius 3 is 1.69 bits per heavy atom. The molecule has 0 spiro atoms. The van der Waals surface area contributed by atoms with Gasteiger partial charge in [0.1, 0.15) is 0 Å². The molecule has 0 fully saturated rings. The van der Waals surface area contributed by atoms with E-state index in [4.69, 9.17) is 15.0 Å². The van der Waals surface area contributed by atoms with E-state index < -0.39 is 0 Å². The van der Waals surface area contributed by atoms with Crippen molar-refractivity contribution in [3.63, 3.8) is 0 Å². The molecule has 0 saturated heterocycles. The zero-order valence-electron chi connectivity index (χ0n) is 24.4. The van der Waals surface area contributed by atoms with Crippen molar-refractivity contribution >= 4 is 21.9 Å². The van der Waals surface area contributed by atoms with Gasteiger partial charge in [0, 0.05) is 35.3 Å². The molecule has 0 aliphatic carbocycles. The largest absolute Gasteiger partial charge is 0.333 e. The Morgan fingerprint density at radius 2 is 1.04 bits per heavy atom. The lowest BCUT2D eigenvalue weighted by Crippen LogP contribution is -2.21. The van der Waals surface area contributed by atoms with E-state index in [9.17, 15) is 4.79 Å². The van der Waals surface area contributed by atoms with Crippen molar-refractivity contribution in [3.8, 4) is 51.0 Å². The molecule has 0 radical (unpaired) electrons. The van der Waals surface area contributed by atoms with Crippen LogP contribution in [0.4, 0.5) is 0 Å². The van der Waals surface area contributed by atoms with Crippen LogP contribution in [0.2, 0.25) is 0 Å². The summed E-state index contributed by atoms with van der Waals surface area (Å²) in [4.78, 5) is 32.5. The summed E-state index contributed by atoms with van der Waals surface area (Å²) >= 11 is 0. The fourth-order valence-corrected chi connectivity index (χ4v) is 5.78. The Morgan fingerprint density at radius 1 is 0.511 bits per heavy atom. The minimum absolute atomic E-state index is 0.105. The van der Waals surface area contributed by atoms with Gasteiger partial charge in [0.15, 0.2) is 17.5 Å². The van der Waals surface area contributed by atoms with Crippen LogP contribution in [-0.2, 0) is 7.05 Å². The average molecular weight is 583 g/mol. The molecule has 45 heavy (non-hydrogen) atoms. The van der Waals surface area contributed by atoms with Crippen molar-refractivity contribution in [3.05, 3.63) is 150 Å². The van der Waals surface area contributed by atoms with Crippen molar-refractivity contribution in [1.82, 2.24) is 29.1 Å². The highest BCUT2D eigenvalue weighted by molar-refractivity contribution is 5.91. The average Bonchev–Trinajstić information content (AvgIpc) is 3.36. The second-order valence-corrected chi connectivity index (χ2v) is 10.8. The van der Waals surface area contributed by atoms with Gasteiger partial charge in [-0.15, -0.1) is 0 Å². The second kappa shape index (κ2) is 10.8. The van der Waals surface area contributed by atoms with Gasteiger partial charge < -0.3 is 0 Å². The molecule has 214 valence electrons. The fourth-order valence-electron chi connectivity index (χ4n) is 5.78. The maximum Gasteiger partial charge on any atom is 0.333 e. The first-order valence-electron chi connectivity index (χ1n) is 14.7. The number of pyridine rings is 1. The predicted octanol–water partition coefficient (Wildman–Crippen LogP) is 7.73. The number of rotatable bonds is 5. The van der Waals surface area contributed by atoms with Gasteiger partial charge in [-0.1, -0.05) is 109 Å². The van der Waals surface area contributed by atoms with E-state index >= 15 is 0 Å². The first-order chi connectivity index (χ1) is 22.1. The van der Waals surface area contributed by atoms with Crippen LogP contribution in [-0.4, -0.2) is 29.1 Å². The number of para-hydroxylation sites is 1. The fraction of sp³-hybridized carbons (Fsp3) is 0.0263. The van der Waals surface area contributed by atoms with Crippen LogP contribution in [0.15, 0.2) is 144 Å². The molecule has 0 unspecified atom stereocenters. The number of imidazole rings is 1. The molecule has 0 aliphatic heterocycles. The van der Waals surface area contributed by atoms with E-state index in [1.807, 2.05) is 109 Å². The molecular weight excluding hydrogens is 556 g/mol. The maximum absolute atomic E-state index is 13.5.